The summed E-state index contributed by atoms with van der Waals surface area (Å²) in [5.74, 6) is -0.162. The number of rotatable bonds is 3. The summed E-state index contributed by atoms with van der Waals surface area (Å²) in [5.41, 5.74) is 6.85. The van der Waals surface area contributed by atoms with Crippen molar-refractivity contribution in [2.45, 2.75) is 38.1 Å². The topological polar surface area (TPSA) is 91.9 Å². The standard InChI is InChI=1S/C13H18N4O/c14-8-11-12(15)10(6-7-16-11)13(18)17-9-4-2-1-3-5-9/h6-9,14H,1-5,15H2,(H,17,18). The van der Waals surface area contributed by atoms with Gasteiger partial charge in [0.05, 0.1) is 11.3 Å². The van der Waals surface area contributed by atoms with E-state index >= 15 is 0 Å². The summed E-state index contributed by atoms with van der Waals surface area (Å²) in [4.78, 5) is 16.0. The minimum Gasteiger partial charge on any atom is -0.396 e. The van der Waals surface area contributed by atoms with Gasteiger partial charge in [-0.15, -0.1) is 0 Å². The first-order valence-electron chi connectivity index (χ1n) is 6.28. The lowest BCUT2D eigenvalue weighted by Gasteiger charge is -2.23. The van der Waals surface area contributed by atoms with Gasteiger partial charge in [0.1, 0.15) is 5.69 Å². The van der Waals surface area contributed by atoms with E-state index in [9.17, 15) is 4.79 Å². The quantitative estimate of drug-likeness (QED) is 0.709. The summed E-state index contributed by atoms with van der Waals surface area (Å²) in [7, 11) is 0. The summed E-state index contributed by atoms with van der Waals surface area (Å²) < 4.78 is 0. The maximum atomic E-state index is 12.1. The van der Waals surface area contributed by atoms with Crippen LogP contribution in [0.15, 0.2) is 12.3 Å². The second kappa shape index (κ2) is 5.62. The predicted molar refractivity (Wildman–Crippen MR) is 70.9 cm³/mol. The van der Waals surface area contributed by atoms with Gasteiger partial charge in [-0.1, -0.05) is 19.3 Å². The van der Waals surface area contributed by atoms with E-state index in [2.05, 4.69) is 10.3 Å². The lowest BCUT2D eigenvalue weighted by atomic mass is 9.95. The molecule has 1 fully saturated rings. The fraction of sp³-hybridized carbons (Fsp3) is 0.462. The van der Waals surface area contributed by atoms with Gasteiger partial charge in [0.15, 0.2) is 0 Å². The molecule has 0 aliphatic heterocycles. The first-order chi connectivity index (χ1) is 8.72. The molecule has 5 heteroatoms. The molecule has 1 saturated carbocycles. The van der Waals surface area contributed by atoms with Crippen LogP contribution in [0.2, 0.25) is 0 Å². The summed E-state index contributed by atoms with van der Waals surface area (Å²) in [6.45, 7) is 0. The molecule has 1 aliphatic carbocycles. The molecule has 2 rings (SSSR count). The molecule has 0 spiro atoms. The molecular weight excluding hydrogens is 228 g/mol. The van der Waals surface area contributed by atoms with Crippen LogP contribution in [0.5, 0.6) is 0 Å². The zero-order chi connectivity index (χ0) is 13.0. The minimum absolute atomic E-state index is 0.162. The Morgan fingerprint density at radius 2 is 2.17 bits per heavy atom. The van der Waals surface area contributed by atoms with Crippen LogP contribution in [0, 0.1) is 5.41 Å². The Labute approximate surface area is 106 Å². The summed E-state index contributed by atoms with van der Waals surface area (Å²) in [6, 6.07) is 1.85. The first kappa shape index (κ1) is 12.5. The largest absolute Gasteiger partial charge is 0.396 e. The van der Waals surface area contributed by atoms with Gasteiger partial charge in [-0.3, -0.25) is 9.78 Å². The molecule has 0 aromatic carbocycles. The van der Waals surface area contributed by atoms with Gasteiger partial charge < -0.3 is 16.5 Å². The molecule has 1 aromatic heterocycles. The number of anilines is 1. The molecule has 0 bridgehead atoms. The lowest BCUT2D eigenvalue weighted by molar-refractivity contribution is 0.0928. The van der Waals surface area contributed by atoms with Crippen LogP contribution in [0.1, 0.15) is 48.2 Å². The zero-order valence-electron chi connectivity index (χ0n) is 10.3. The zero-order valence-corrected chi connectivity index (χ0v) is 10.3. The third-order valence-corrected chi connectivity index (χ3v) is 3.34. The number of nitrogens with one attached hydrogen (secondary N) is 2. The van der Waals surface area contributed by atoms with Gasteiger partial charge in [0.2, 0.25) is 0 Å². The number of carbonyl (C=O) groups excluding carboxylic acids is 1. The van der Waals surface area contributed by atoms with Crippen molar-refractivity contribution in [3.8, 4) is 0 Å². The van der Waals surface area contributed by atoms with Gasteiger partial charge in [-0.05, 0) is 18.9 Å². The number of hydrogen-bond acceptors (Lipinski definition) is 4. The van der Waals surface area contributed by atoms with Gasteiger partial charge >= 0.3 is 0 Å². The molecule has 0 unspecified atom stereocenters. The van der Waals surface area contributed by atoms with Crippen molar-refractivity contribution in [3.05, 3.63) is 23.5 Å². The highest BCUT2D eigenvalue weighted by atomic mass is 16.1. The molecule has 1 aliphatic rings. The monoisotopic (exact) mass is 246 g/mol. The van der Waals surface area contributed by atoms with E-state index in [1.165, 1.54) is 25.5 Å². The molecule has 0 atom stereocenters. The third-order valence-electron chi connectivity index (χ3n) is 3.34. The van der Waals surface area contributed by atoms with Crippen LogP contribution in [0.25, 0.3) is 0 Å². The van der Waals surface area contributed by atoms with E-state index in [0.717, 1.165) is 19.1 Å². The summed E-state index contributed by atoms with van der Waals surface area (Å²) in [6.07, 6.45) is 8.23. The second-order valence-electron chi connectivity index (χ2n) is 4.61. The number of nitrogen functional groups attached to an aromatic ring is 1. The Morgan fingerprint density at radius 1 is 1.44 bits per heavy atom. The van der Waals surface area contributed by atoms with Gasteiger partial charge in [0, 0.05) is 18.5 Å². The Balaban J connectivity index is 2.10. The molecule has 4 N–H and O–H groups in total. The highest BCUT2D eigenvalue weighted by molar-refractivity contribution is 6.02. The number of pyridine rings is 1. The highest BCUT2D eigenvalue weighted by Gasteiger charge is 2.18. The van der Waals surface area contributed by atoms with Crippen molar-refractivity contribution in [1.82, 2.24) is 10.3 Å². The lowest BCUT2D eigenvalue weighted by Crippen LogP contribution is -2.36. The van der Waals surface area contributed by atoms with E-state index in [1.807, 2.05) is 0 Å². The van der Waals surface area contributed by atoms with Gasteiger partial charge in [-0.2, -0.15) is 0 Å². The van der Waals surface area contributed by atoms with E-state index < -0.39 is 0 Å². The van der Waals surface area contributed by atoms with Gasteiger partial charge in [0.25, 0.3) is 5.91 Å². The number of carbonyl (C=O) groups is 1. The summed E-state index contributed by atoms with van der Waals surface area (Å²) in [5, 5.41) is 10.2. The number of nitrogens with two attached hydrogens (primary N) is 1. The molecule has 1 amide bonds. The Kier molecular flexibility index (Phi) is 3.92. The Bertz CT molecular complexity index is 452. The van der Waals surface area contributed by atoms with Crippen molar-refractivity contribution in [2.24, 2.45) is 0 Å². The fourth-order valence-corrected chi connectivity index (χ4v) is 2.31. The number of nitrogens with zero attached hydrogens (tertiary/aromatic N) is 1. The average molecular weight is 246 g/mol. The van der Waals surface area contributed by atoms with E-state index in [0.29, 0.717) is 11.3 Å². The molecule has 1 heterocycles. The first-order valence-corrected chi connectivity index (χ1v) is 6.28. The molecule has 96 valence electrons. The third kappa shape index (κ3) is 2.67. The molecule has 0 saturated heterocycles. The number of aromatic nitrogens is 1. The average Bonchev–Trinajstić information content (AvgIpc) is 2.40. The van der Waals surface area contributed by atoms with Crippen LogP contribution in [0.4, 0.5) is 5.69 Å². The molecule has 5 nitrogen and oxygen atoms in total. The van der Waals surface area contributed by atoms with Crippen molar-refractivity contribution in [3.63, 3.8) is 0 Å². The minimum atomic E-state index is -0.162. The maximum Gasteiger partial charge on any atom is 0.253 e. The van der Waals surface area contributed by atoms with Gasteiger partial charge in [-0.25, -0.2) is 0 Å². The second-order valence-corrected chi connectivity index (χ2v) is 4.61. The number of hydrogen-bond donors (Lipinski definition) is 3. The van der Waals surface area contributed by atoms with E-state index in [-0.39, 0.29) is 17.6 Å². The predicted octanol–water partition coefficient (Wildman–Crippen LogP) is 1.72. The summed E-state index contributed by atoms with van der Waals surface area (Å²) >= 11 is 0. The van der Waals surface area contributed by atoms with Crippen molar-refractivity contribution >= 4 is 17.8 Å². The fourth-order valence-electron chi connectivity index (χ4n) is 2.31. The number of amides is 1. The Hall–Kier alpha value is -1.91. The molecule has 0 radical (unpaired) electrons. The molecular formula is C13H18N4O. The SMILES string of the molecule is N=Cc1nccc(C(=O)NC2CCCCC2)c1N. The Morgan fingerprint density at radius 3 is 2.83 bits per heavy atom. The highest BCUT2D eigenvalue weighted by Crippen LogP contribution is 2.19. The normalized spacial score (nSPS) is 16.2. The van der Waals surface area contributed by atoms with Crippen molar-refractivity contribution in [1.29, 1.82) is 5.41 Å². The smallest absolute Gasteiger partial charge is 0.253 e. The van der Waals surface area contributed by atoms with Crippen LogP contribution in [0.3, 0.4) is 0 Å². The van der Waals surface area contributed by atoms with Crippen LogP contribution in [-0.2, 0) is 0 Å². The van der Waals surface area contributed by atoms with E-state index in [4.69, 9.17) is 11.1 Å². The maximum absolute atomic E-state index is 12.1. The van der Waals surface area contributed by atoms with Crippen LogP contribution < -0.4 is 11.1 Å². The van der Waals surface area contributed by atoms with Crippen molar-refractivity contribution < 1.29 is 4.79 Å². The molecule has 1 aromatic rings. The van der Waals surface area contributed by atoms with Crippen LogP contribution >= 0.6 is 0 Å². The van der Waals surface area contributed by atoms with Crippen LogP contribution in [-0.4, -0.2) is 23.1 Å². The van der Waals surface area contributed by atoms with Crippen molar-refractivity contribution in [2.75, 3.05) is 5.73 Å². The van der Waals surface area contributed by atoms with E-state index in [1.54, 1.807) is 6.07 Å². The molecule has 18 heavy (non-hydrogen) atoms.